The highest BCUT2D eigenvalue weighted by Gasteiger charge is 2.27. The minimum Gasteiger partial charge on any atom is -0.465 e. The molecule has 0 spiro atoms. The number of sulfonamides is 1. The Morgan fingerprint density at radius 3 is 2.35 bits per heavy atom. The van der Waals surface area contributed by atoms with E-state index in [2.05, 4.69) is 20.7 Å². The number of hydrogen-bond donors (Lipinski definition) is 1. The van der Waals surface area contributed by atoms with E-state index in [1.807, 2.05) is 13.8 Å². The van der Waals surface area contributed by atoms with Crippen molar-refractivity contribution in [3.05, 3.63) is 29.8 Å². The van der Waals surface area contributed by atoms with Crippen molar-refractivity contribution in [2.24, 2.45) is 5.92 Å². The number of halogens is 1. The largest absolute Gasteiger partial charge is 0.465 e. The number of ether oxygens (including phenoxy) is 1. The average Bonchev–Trinajstić information content (AvgIpc) is 2.47. The minimum atomic E-state index is -3.76. The fraction of sp³-hybridized carbons (Fsp3) is 0.562. The molecule has 130 valence electrons. The molecule has 0 saturated carbocycles. The van der Waals surface area contributed by atoms with Crippen LogP contribution >= 0.6 is 15.9 Å². The Kier molecular flexibility index (Phi) is 8.22. The van der Waals surface area contributed by atoms with Crippen LogP contribution in [0, 0.1) is 5.92 Å². The van der Waals surface area contributed by atoms with Crippen molar-refractivity contribution in [3.8, 4) is 0 Å². The molecule has 0 radical (unpaired) electrons. The Bertz CT molecular complexity index is 599. The third kappa shape index (κ3) is 6.61. The molecule has 1 rings (SSSR count). The normalized spacial score (nSPS) is 13.1. The zero-order valence-electron chi connectivity index (χ0n) is 13.7. The molecule has 0 unspecified atom stereocenters. The van der Waals surface area contributed by atoms with Crippen molar-refractivity contribution in [1.29, 1.82) is 0 Å². The molecule has 0 aliphatic rings. The van der Waals surface area contributed by atoms with E-state index in [1.54, 1.807) is 31.2 Å². The molecule has 0 saturated heterocycles. The van der Waals surface area contributed by atoms with Gasteiger partial charge in [0.25, 0.3) is 0 Å². The third-order valence-electron chi connectivity index (χ3n) is 3.19. The number of rotatable bonds is 9. The number of nitrogens with one attached hydrogen (secondary N) is 1. The van der Waals surface area contributed by atoms with Crippen molar-refractivity contribution < 1.29 is 17.9 Å². The quantitative estimate of drug-likeness (QED) is 0.506. The smallest absolute Gasteiger partial charge is 0.324 e. The lowest BCUT2D eigenvalue weighted by atomic mass is 10.1. The molecule has 1 N–H and O–H groups in total. The zero-order valence-corrected chi connectivity index (χ0v) is 16.1. The van der Waals surface area contributed by atoms with Crippen LogP contribution in [0.3, 0.4) is 0 Å². The maximum Gasteiger partial charge on any atom is 0.324 e. The molecule has 5 nitrogen and oxygen atoms in total. The van der Waals surface area contributed by atoms with Gasteiger partial charge in [-0.1, -0.05) is 41.9 Å². The molecular weight excluding hydrogens is 382 g/mol. The lowest BCUT2D eigenvalue weighted by Gasteiger charge is -2.19. The van der Waals surface area contributed by atoms with E-state index < -0.39 is 22.0 Å². The Labute approximate surface area is 147 Å². The van der Waals surface area contributed by atoms with Gasteiger partial charge in [-0.2, -0.15) is 4.72 Å². The lowest BCUT2D eigenvalue weighted by molar-refractivity contribution is -0.145. The summed E-state index contributed by atoms with van der Waals surface area (Å²) in [5, 5.41) is 0.816. The van der Waals surface area contributed by atoms with Crippen LogP contribution in [0.1, 0.15) is 32.8 Å². The first-order valence-electron chi connectivity index (χ1n) is 7.64. The monoisotopic (exact) mass is 405 g/mol. The molecule has 0 aromatic heterocycles. The molecule has 0 aliphatic carbocycles. The van der Waals surface area contributed by atoms with Crippen LogP contribution in [0.4, 0.5) is 0 Å². The lowest BCUT2D eigenvalue weighted by Crippen LogP contribution is -2.42. The first-order valence-corrected chi connectivity index (χ1v) is 10.2. The predicted octanol–water partition coefficient (Wildman–Crippen LogP) is 2.88. The van der Waals surface area contributed by atoms with Gasteiger partial charge in [-0.15, -0.1) is 0 Å². The summed E-state index contributed by atoms with van der Waals surface area (Å²) >= 11 is 3.35. The maximum absolute atomic E-state index is 12.5. The first-order chi connectivity index (χ1) is 10.8. The summed E-state index contributed by atoms with van der Waals surface area (Å²) in [6.45, 7) is 5.77. The molecule has 1 aromatic carbocycles. The number of carbonyl (C=O) groups is 1. The number of hydrogen-bond acceptors (Lipinski definition) is 4. The van der Waals surface area contributed by atoms with Crippen molar-refractivity contribution in [2.45, 2.75) is 44.6 Å². The van der Waals surface area contributed by atoms with Crippen LogP contribution in [-0.4, -0.2) is 32.4 Å². The van der Waals surface area contributed by atoms with Gasteiger partial charge in [0.15, 0.2) is 0 Å². The molecular formula is C16H24BrNO4S. The van der Waals surface area contributed by atoms with Crippen LogP contribution in [-0.2, 0) is 26.0 Å². The highest BCUT2D eigenvalue weighted by molar-refractivity contribution is 9.09. The molecule has 0 heterocycles. The molecule has 0 amide bonds. The Hall–Kier alpha value is -0.920. The second kappa shape index (κ2) is 9.39. The average molecular weight is 406 g/mol. The highest BCUT2D eigenvalue weighted by Crippen LogP contribution is 2.15. The fourth-order valence-electron chi connectivity index (χ4n) is 2.11. The van der Waals surface area contributed by atoms with Gasteiger partial charge in [-0.25, -0.2) is 8.42 Å². The minimum absolute atomic E-state index is 0.147. The van der Waals surface area contributed by atoms with Crippen molar-refractivity contribution >= 4 is 31.9 Å². The van der Waals surface area contributed by atoms with Gasteiger partial charge in [0.1, 0.15) is 6.04 Å². The van der Waals surface area contributed by atoms with Crippen LogP contribution < -0.4 is 4.72 Å². The summed E-state index contributed by atoms with van der Waals surface area (Å²) < 4.78 is 32.4. The van der Waals surface area contributed by atoms with Crippen LogP contribution in [0.2, 0.25) is 0 Å². The summed E-state index contributed by atoms with van der Waals surface area (Å²) in [7, 11) is -3.76. The summed E-state index contributed by atoms with van der Waals surface area (Å²) in [6.07, 6.45) is 1.21. The van der Waals surface area contributed by atoms with Gasteiger partial charge in [0.05, 0.1) is 11.5 Å². The molecule has 7 heteroatoms. The van der Waals surface area contributed by atoms with Crippen molar-refractivity contribution in [3.63, 3.8) is 0 Å². The van der Waals surface area contributed by atoms with Crippen LogP contribution in [0.25, 0.3) is 0 Å². The molecule has 0 fully saturated rings. The Morgan fingerprint density at radius 2 is 1.87 bits per heavy atom. The topological polar surface area (TPSA) is 72.5 Å². The summed E-state index contributed by atoms with van der Waals surface area (Å²) in [5.74, 6) is -0.380. The third-order valence-corrected chi connectivity index (χ3v) is 5.08. The predicted molar refractivity (Wildman–Crippen MR) is 94.1 cm³/mol. The summed E-state index contributed by atoms with van der Waals surface area (Å²) in [4.78, 5) is 12.1. The van der Waals surface area contributed by atoms with Crippen molar-refractivity contribution in [1.82, 2.24) is 4.72 Å². The standard InChI is InChI=1S/C16H24BrNO4S/c1-4-22-16(19)15(11-12(2)3)18-23(20,21)14-7-5-13(6-8-14)9-10-17/h5-8,12,15,18H,4,9-11H2,1-3H3/t15-/m0/s1. The van der Waals surface area contributed by atoms with E-state index in [-0.39, 0.29) is 17.4 Å². The Morgan fingerprint density at radius 1 is 1.26 bits per heavy atom. The van der Waals surface area contributed by atoms with Crippen LogP contribution in [0.5, 0.6) is 0 Å². The molecule has 1 aromatic rings. The first kappa shape index (κ1) is 20.1. The van der Waals surface area contributed by atoms with Gasteiger partial charge >= 0.3 is 5.97 Å². The van der Waals surface area contributed by atoms with E-state index in [0.29, 0.717) is 6.42 Å². The fourth-order valence-corrected chi connectivity index (χ4v) is 3.76. The Balaban J connectivity index is 2.93. The van der Waals surface area contributed by atoms with E-state index in [1.165, 1.54) is 0 Å². The summed E-state index contributed by atoms with van der Waals surface area (Å²) in [5.41, 5.74) is 1.05. The van der Waals surface area contributed by atoms with Gasteiger partial charge in [-0.05, 0) is 43.4 Å². The molecule has 23 heavy (non-hydrogen) atoms. The highest BCUT2D eigenvalue weighted by atomic mass is 79.9. The summed E-state index contributed by atoms with van der Waals surface area (Å²) in [6, 6.07) is 5.78. The van der Waals surface area contributed by atoms with Crippen LogP contribution in [0.15, 0.2) is 29.2 Å². The second-order valence-electron chi connectivity index (χ2n) is 5.64. The number of carbonyl (C=O) groups excluding carboxylic acids is 1. The molecule has 0 aliphatic heterocycles. The SMILES string of the molecule is CCOC(=O)[C@H](CC(C)C)NS(=O)(=O)c1ccc(CCBr)cc1. The van der Waals surface area contributed by atoms with Gasteiger partial charge in [0.2, 0.25) is 10.0 Å². The van der Waals surface area contributed by atoms with Gasteiger partial charge < -0.3 is 4.74 Å². The van der Waals surface area contributed by atoms with E-state index >= 15 is 0 Å². The second-order valence-corrected chi connectivity index (χ2v) is 8.15. The van der Waals surface area contributed by atoms with E-state index in [0.717, 1.165) is 17.3 Å². The molecule has 1 atom stereocenters. The maximum atomic E-state index is 12.5. The number of benzene rings is 1. The van der Waals surface area contributed by atoms with Crippen molar-refractivity contribution in [2.75, 3.05) is 11.9 Å². The zero-order chi connectivity index (χ0) is 17.5. The number of esters is 1. The molecule has 0 bridgehead atoms. The van der Waals surface area contributed by atoms with Gasteiger partial charge in [0, 0.05) is 5.33 Å². The number of aryl methyl sites for hydroxylation is 1. The van der Waals surface area contributed by atoms with Gasteiger partial charge in [-0.3, -0.25) is 4.79 Å². The number of alkyl halides is 1. The van der Waals surface area contributed by atoms with E-state index in [9.17, 15) is 13.2 Å². The van der Waals surface area contributed by atoms with E-state index in [4.69, 9.17) is 4.74 Å².